The van der Waals surface area contributed by atoms with Crippen molar-refractivity contribution in [2.45, 2.75) is 108 Å². The van der Waals surface area contributed by atoms with E-state index in [0.717, 1.165) is 57.8 Å². The summed E-state index contributed by atoms with van der Waals surface area (Å²) in [6, 6.07) is 0. The molecule has 1 aliphatic heterocycles. The van der Waals surface area contributed by atoms with Gasteiger partial charge in [0.2, 0.25) is 0 Å². The van der Waals surface area contributed by atoms with Gasteiger partial charge < -0.3 is 34.6 Å². The van der Waals surface area contributed by atoms with Crippen molar-refractivity contribution in [3.63, 3.8) is 0 Å². The van der Waals surface area contributed by atoms with Crippen LogP contribution >= 0.6 is 0 Å². The third-order valence-electron chi connectivity index (χ3n) is 11.5. The molecule has 4 saturated carbocycles. The van der Waals surface area contributed by atoms with Gasteiger partial charge in [-0.1, -0.05) is 13.8 Å². The van der Waals surface area contributed by atoms with Gasteiger partial charge in [-0.15, -0.1) is 0 Å². The molecule has 4 aliphatic carbocycles. The monoisotopic (exact) mass is 524 g/mol. The highest BCUT2D eigenvalue weighted by atomic mass is 16.7. The Labute approximate surface area is 218 Å². The highest BCUT2D eigenvalue weighted by Crippen LogP contribution is 2.67. The lowest BCUT2D eigenvalue weighted by atomic mass is 9.44. The Balaban J connectivity index is 1.25. The van der Waals surface area contributed by atoms with Crippen molar-refractivity contribution in [2.24, 2.45) is 40.4 Å². The van der Waals surface area contributed by atoms with Gasteiger partial charge in [0.1, 0.15) is 24.9 Å². The number of hydrogen-bond acceptors (Lipinski definition) is 9. The van der Waals surface area contributed by atoms with Gasteiger partial charge in [-0.3, -0.25) is 4.79 Å². The second-order valence-corrected chi connectivity index (χ2v) is 12.9. The fourth-order valence-electron chi connectivity index (χ4n) is 9.44. The summed E-state index contributed by atoms with van der Waals surface area (Å²) in [5.74, 6) is 1.39. The first-order chi connectivity index (χ1) is 17.5. The highest BCUT2D eigenvalue weighted by Gasteiger charge is 2.61. The molecule has 9 heteroatoms. The molecular formula is C28H44O9. The fraction of sp³-hybridized carbons (Fsp3) is 0.929. The molecule has 4 N–H and O–H groups in total. The van der Waals surface area contributed by atoms with Gasteiger partial charge in [0.25, 0.3) is 0 Å². The Kier molecular flexibility index (Phi) is 7.53. The van der Waals surface area contributed by atoms with Crippen molar-refractivity contribution in [1.29, 1.82) is 0 Å². The molecule has 0 spiro atoms. The van der Waals surface area contributed by atoms with Crippen LogP contribution in [-0.4, -0.2) is 82.7 Å². The van der Waals surface area contributed by atoms with Gasteiger partial charge in [-0.25, -0.2) is 4.79 Å². The summed E-state index contributed by atoms with van der Waals surface area (Å²) in [6.07, 6.45) is 1.50. The lowest BCUT2D eigenvalue weighted by Gasteiger charge is -2.61. The molecule has 0 radical (unpaired) electrons. The molecular weight excluding hydrogens is 480 g/mol. The first kappa shape index (κ1) is 27.5. The zero-order chi connectivity index (χ0) is 26.7. The number of aliphatic hydroxyl groups excluding tert-OH is 4. The van der Waals surface area contributed by atoms with Crippen molar-refractivity contribution in [1.82, 2.24) is 0 Å². The number of carbonyl (C=O) groups excluding carboxylic acids is 2. The lowest BCUT2D eigenvalue weighted by Crippen LogP contribution is -2.61. The predicted molar refractivity (Wildman–Crippen MR) is 131 cm³/mol. The smallest absolute Gasteiger partial charge is 0.337 e. The van der Waals surface area contributed by atoms with E-state index in [-0.39, 0.29) is 35.2 Å². The first-order valence-electron chi connectivity index (χ1n) is 14.1. The van der Waals surface area contributed by atoms with Gasteiger partial charge >= 0.3 is 5.97 Å². The molecule has 1 saturated heterocycles. The molecule has 0 amide bonds. The van der Waals surface area contributed by atoms with Gasteiger partial charge in [-0.2, -0.15) is 0 Å². The number of Topliss-reactive ketones (excluding diaryl/α,β-unsaturated/α-hetero) is 1. The van der Waals surface area contributed by atoms with Crippen molar-refractivity contribution >= 4 is 11.8 Å². The summed E-state index contributed by atoms with van der Waals surface area (Å²) < 4.78 is 16.4. The van der Waals surface area contributed by atoms with Gasteiger partial charge in [0, 0.05) is 5.92 Å². The number of hydrogen-bond donors (Lipinski definition) is 4. The van der Waals surface area contributed by atoms with E-state index in [1.165, 1.54) is 7.11 Å². The third kappa shape index (κ3) is 4.38. The SMILES string of the molecule is COC(=O)[C@@H]1O[C@@H](O[C@@H]2CC[C@]3(C)[C@H](CC[C@H]4[C@H]5CC[C@@H](C(=O)CO)[C@@]5(C)CC[C@@H]43)C2)[C@H](O)[C@@H](O)[C@@H]1O. The van der Waals surface area contributed by atoms with Crippen LogP contribution in [-0.2, 0) is 23.8 Å². The quantitative estimate of drug-likeness (QED) is 0.311. The molecule has 0 aromatic rings. The summed E-state index contributed by atoms with van der Waals surface area (Å²) >= 11 is 0. The summed E-state index contributed by atoms with van der Waals surface area (Å²) in [5, 5.41) is 40.5. The van der Waals surface area contributed by atoms with Crippen LogP contribution in [0.1, 0.15) is 71.6 Å². The van der Waals surface area contributed by atoms with Crippen molar-refractivity contribution in [3.8, 4) is 0 Å². The number of ether oxygens (including phenoxy) is 3. The number of methoxy groups -OCH3 is 1. The maximum atomic E-state index is 12.5. The van der Waals surface area contributed by atoms with Crippen LogP contribution < -0.4 is 0 Å². The Hall–Kier alpha value is -1.10. The van der Waals surface area contributed by atoms with E-state index in [4.69, 9.17) is 9.47 Å². The molecule has 0 bridgehead atoms. The number of carbonyl (C=O) groups is 2. The average Bonchev–Trinajstić information content (AvgIpc) is 3.25. The Morgan fingerprint density at radius 3 is 2.30 bits per heavy atom. The number of fused-ring (bicyclic) bond motifs is 5. The van der Waals surface area contributed by atoms with E-state index < -0.39 is 36.7 Å². The molecule has 210 valence electrons. The summed E-state index contributed by atoms with van der Waals surface area (Å²) in [4.78, 5) is 24.5. The first-order valence-corrected chi connectivity index (χ1v) is 14.1. The predicted octanol–water partition coefficient (Wildman–Crippen LogP) is 1.57. The zero-order valence-electron chi connectivity index (χ0n) is 22.3. The molecule has 0 aromatic carbocycles. The number of ketones is 1. The Bertz CT molecular complexity index is 880. The second kappa shape index (κ2) is 10.1. The van der Waals surface area contributed by atoms with Crippen molar-refractivity contribution < 1.29 is 44.2 Å². The Morgan fingerprint density at radius 1 is 0.892 bits per heavy atom. The van der Waals surface area contributed by atoms with Crippen LogP contribution in [0.2, 0.25) is 0 Å². The van der Waals surface area contributed by atoms with E-state index in [1.807, 2.05) is 0 Å². The average molecular weight is 525 g/mol. The van der Waals surface area contributed by atoms with Crippen LogP contribution in [0.25, 0.3) is 0 Å². The molecule has 5 fully saturated rings. The summed E-state index contributed by atoms with van der Waals surface area (Å²) in [6.45, 7) is 4.37. The van der Waals surface area contributed by atoms with Crippen LogP contribution in [0.4, 0.5) is 0 Å². The topological polar surface area (TPSA) is 143 Å². The molecule has 0 aromatic heterocycles. The van der Waals surface area contributed by atoms with Crippen LogP contribution in [0.15, 0.2) is 0 Å². The van der Waals surface area contributed by atoms with Crippen LogP contribution in [0.3, 0.4) is 0 Å². The number of rotatable bonds is 5. The highest BCUT2D eigenvalue weighted by molar-refractivity contribution is 5.83. The molecule has 0 unspecified atom stereocenters. The minimum Gasteiger partial charge on any atom is -0.467 e. The lowest BCUT2D eigenvalue weighted by molar-refractivity contribution is -0.310. The largest absolute Gasteiger partial charge is 0.467 e. The minimum atomic E-state index is -1.59. The zero-order valence-corrected chi connectivity index (χ0v) is 22.3. The van der Waals surface area contributed by atoms with Crippen molar-refractivity contribution in [3.05, 3.63) is 0 Å². The molecule has 5 rings (SSSR count). The maximum Gasteiger partial charge on any atom is 0.337 e. The molecule has 1 heterocycles. The van der Waals surface area contributed by atoms with E-state index in [1.54, 1.807) is 0 Å². The van der Waals surface area contributed by atoms with Crippen molar-refractivity contribution in [2.75, 3.05) is 13.7 Å². The van der Waals surface area contributed by atoms with Gasteiger partial charge in [0.05, 0.1) is 13.2 Å². The van der Waals surface area contributed by atoms with Crippen LogP contribution in [0.5, 0.6) is 0 Å². The summed E-state index contributed by atoms with van der Waals surface area (Å²) in [7, 11) is 1.17. The van der Waals surface area contributed by atoms with Gasteiger partial charge in [-0.05, 0) is 92.3 Å². The standard InChI is InChI=1S/C28H44O9/c1-27-10-8-15(36-26-23(33)21(31)22(32)24(37-26)25(34)35-3)12-14(27)4-5-16-17-6-7-19(20(30)13-29)28(17,2)11-9-18(16)27/h14-19,21-24,26,29,31-33H,4-13H2,1-3H3/t14-,15-,16+,17-,18+,19+,21+,22+,23-,24-,26-,27-,28+/m1/s1. The van der Waals surface area contributed by atoms with E-state index in [2.05, 4.69) is 18.6 Å². The maximum absolute atomic E-state index is 12.5. The van der Waals surface area contributed by atoms with Gasteiger partial charge in [0.15, 0.2) is 18.2 Å². The van der Waals surface area contributed by atoms with E-state index in [0.29, 0.717) is 23.7 Å². The van der Waals surface area contributed by atoms with E-state index >= 15 is 0 Å². The molecule has 13 atom stereocenters. The normalized spacial score (nSPS) is 51.5. The van der Waals surface area contributed by atoms with E-state index in [9.17, 15) is 30.0 Å². The molecule has 37 heavy (non-hydrogen) atoms. The van der Waals surface area contributed by atoms with Crippen LogP contribution in [0, 0.1) is 40.4 Å². The number of aliphatic hydroxyl groups is 4. The third-order valence-corrected chi connectivity index (χ3v) is 11.5. The Morgan fingerprint density at radius 2 is 1.59 bits per heavy atom. The fourth-order valence-corrected chi connectivity index (χ4v) is 9.44. The molecule has 5 aliphatic rings. The minimum absolute atomic E-state index is 0.000525. The number of esters is 1. The summed E-state index contributed by atoms with van der Waals surface area (Å²) in [5.41, 5.74) is 0.181. The second-order valence-electron chi connectivity index (χ2n) is 12.9. The molecule has 9 nitrogen and oxygen atoms in total.